The average Bonchev–Trinajstić information content (AvgIpc) is 3.23. The van der Waals surface area contributed by atoms with Crippen molar-refractivity contribution < 1.29 is 14.3 Å². The summed E-state index contributed by atoms with van der Waals surface area (Å²) in [4.78, 5) is 30.5. The maximum atomic E-state index is 12.3. The Bertz CT molecular complexity index is 995. The zero-order chi connectivity index (χ0) is 20.8. The van der Waals surface area contributed by atoms with Gasteiger partial charge in [0.1, 0.15) is 5.01 Å². The Morgan fingerprint density at radius 1 is 1.10 bits per heavy atom. The minimum absolute atomic E-state index is 0.221. The predicted octanol–water partition coefficient (Wildman–Crippen LogP) is 4.50. The number of hydrogen-bond donors (Lipinski definition) is 0. The van der Waals surface area contributed by atoms with E-state index in [0.717, 1.165) is 28.1 Å². The molecule has 150 valence electrons. The Hall–Kier alpha value is -2.99. The van der Waals surface area contributed by atoms with E-state index in [0.29, 0.717) is 6.54 Å². The van der Waals surface area contributed by atoms with Crippen molar-refractivity contribution in [1.82, 2.24) is 9.88 Å². The van der Waals surface area contributed by atoms with E-state index in [1.807, 2.05) is 43.3 Å². The maximum Gasteiger partial charge on any atom is 0.358 e. The fraction of sp³-hybridized carbons (Fsp3) is 0.261. The van der Waals surface area contributed by atoms with Gasteiger partial charge in [-0.3, -0.25) is 4.79 Å². The second-order valence-electron chi connectivity index (χ2n) is 6.84. The third-order valence-electron chi connectivity index (χ3n) is 4.74. The van der Waals surface area contributed by atoms with Gasteiger partial charge in [0.2, 0.25) is 0 Å². The normalized spacial score (nSPS) is 10.6. The van der Waals surface area contributed by atoms with Gasteiger partial charge in [-0.15, -0.1) is 11.3 Å². The molecule has 0 unspecified atom stereocenters. The van der Waals surface area contributed by atoms with Gasteiger partial charge in [-0.25, -0.2) is 9.78 Å². The minimum atomic E-state index is -0.588. The molecule has 0 atom stereocenters. The van der Waals surface area contributed by atoms with Crippen LogP contribution in [0.5, 0.6) is 0 Å². The summed E-state index contributed by atoms with van der Waals surface area (Å²) in [7, 11) is 1.70. The highest BCUT2D eigenvalue weighted by molar-refractivity contribution is 7.13. The molecule has 0 spiro atoms. The summed E-state index contributed by atoms with van der Waals surface area (Å²) in [5, 5.41) is 2.41. The van der Waals surface area contributed by atoms with E-state index in [4.69, 9.17) is 4.74 Å². The summed E-state index contributed by atoms with van der Waals surface area (Å²) in [5.74, 6) is -0.845. The molecule has 5 nitrogen and oxygen atoms in total. The van der Waals surface area contributed by atoms with Gasteiger partial charge in [0.05, 0.1) is 0 Å². The first-order valence-electron chi connectivity index (χ1n) is 9.48. The Kier molecular flexibility index (Phi) is 6.77. The molecule has 29 heavy (non-hydrogen) atoms. The van der Waals surface area contributed by atoms with E-state index < -0.39 is 5.97 Å². The van der Waals surface area contributed by atoms with Crippen molar-refractivity contribution in [3.8, 4) is 10.6 Å². The van der Waals surface area contributed by atoms with E-state index in [2.05, 4.69) is 24.0 Å². The number of aryl methyl sites for hydroxylation is 2. The number of benzene rings is 2. The van der Waals surface area contributed by atoms with Crippen LogP contribution in [0, 0.1) is 6.92 Å². The number of esters is 1. The van der Waals surface area contributed by atoms with Crippen LogP contribution in [0.2, 0.25) is 0 Å². The first-order chi connectivity index (χ1) is 14.0. The summed E-state index contributed by atoms with van der Waals surface area (Å²) in [6.07, 6.45) is 0.974. The molecule has 0 aliphatic rings. The minimum Gasteiger partial charge on any atom is -0.451 e. The fourth-order valence-electron chi connectivity index (χ4n) is 2.83. The van der Waals surface area contributed by atoms with Gasteiger partial charge in [-0.1, -0.05) is 55.5 Å². The van der Waals surface area contributed by atoms with Crippen LogP contribution >= 0.6 is 11.3 Å². The highest BCUT2D eigenvalue weighted by atomic mass is 32.1. The molecule has 0 saturated carbocycles. The second-order valence-corrected chi connectivity index (χ2v) is 7.70. The zero-order valence-corrected chi connectivity index (χ0v) is 17.7. The van der Waals surface area contributed by atoms with E-state index in [1.165, 1.54) is 16.9 Å². The molecule has 0 radical (unpaired) electrons. The van der Waals surface area contributed by atoms with Crippen LogP contribution in [-0.2, 0) is 22.5 Å². The quantitative estimate of drug-likeness (QED) is 0.540. The first-order valence-corrected chi connectivity index (χ1v) is 10.4. The first kappa shape index (κ1) is 20.7. The number of carbonyl (C=O) groups excluding carboxylic acids is 2. The van der Waals surface area contributed by atoms with Crippen molar-refractivity contribution in [2.75, 3.05) is 13.7 Å². The monoisotopic (exact) mass is 408 g/mol. The molecule has 0 bridgehead atoms. The van der Waals surface area contributed by atoms with E-state index >= 15 is 0 Å². The second kappa shape index (κ2) is 9.47. The SMILES string of the molecule is CCc1ccc(-c2nc(C(=O)OCC(=O)N(C)Cc3ccccc3C)cs2)cc1. The molecule has 0 aliphatic heterocycles. The van der Waals surface area contributed by atoms with Crippen LogP contribution in [0.3, 0.4) is 0 Å². The number of aromatic nitrogens is 1. The standard InChI is InChI=1S/C23H24N2O3S/c1-4-17-9-11-18(12-10-17)22-24-20(15-29-22)23(27)28-14-21(26)25(3)13-19-8-6-5-7-16(19)2/h5-12,15H,4,13-14H2,1-3H3. The van der Waals surface area contributed by atoms with Crippen molar-refractivity contribution in [2.45, 2.75) is 26.8 Å². The van der Waals surface area contributed by atoms with Gasteiger partial charge in [0, 0.05) is 24.5 Å². The molecule has 2 aromatic carbocycles. The van der Waals surface area contributed by atoms with Crippen LogP contribution in [0.4, 0.5) is 0 Å². The predicted molar refractivity (Wildman–Crippen MR) is 115 cm³/mol. The van der Waals surface area contributed by atoms with Gasteiger partial charge >= 0.3 is 5.97 Å². The summed E-state index contributed by atoms with van der Waals surface area (Å²) in [6.45, 7) is 4.27. The molecular weight excluding hydrogens is 384 g/mol. The molecule has 3 aromatic rings. The van der Waals surface area contributed by atoms with Crippen molar-refractivity contribution in [3.63, 3.8) is 0 Å². The Morgan fingerprint density at radius 3 is 2.52 bits per heavy atom. The van der Waals surface area contributed by atoms with Gasteiger partial charge < -0.3 is 9.64 Å². The number of nitrogens with zero attached hydrogens (tertiary/aromatic N) is 2. The van der Waals surface area contributed by atoms with Crippen LogP contribution in [0.25, 0.3) is 10.6 Å². The lowest BCUT2D eigenvalue weighted by Gasteiger charge is -2.18. The summed E-state index contributed by atoms with van der Waals surface area (Å²) in [5.41, 5.74) is 4.61. The molecular formula is C23H24N2O3S. The number of ether oxygens (including phenoxy) is 1. The van der Waals surface area contributed by atoms with E-state index in [1.54, 1.807) is 17.3 Å². The summed E-state index contributed by atoms with van der Waals surface area (Å²) < 4.78 is 5.18. The third-order valence-corrected chi connectivity index (χ3v) is 5.64. The topological polar surface area (TPSA) is 59.5 Å². The van der Waals surface area contributed by atoms with E-state index in [9.17, 15) is 9.59 Å². The number of carbonyl (C=O) groups is 2. The van der Waals surface area contributed by atoms with Crippen LogP contribution in [-0.4, -0.2) is 35.4 Å². The molecule has 0 saturated heterocycles. The van der Waals surface area contributed by atoms with Crippen LogP contribution < -0.4 is 0 Å². The fourth-order valence-corrected chi connectivity index (χ4v) is 3.62. The Labute approximate surface area is 175 Å². The number of rotatable bonds is 7. The third kappa shape index (κ3) is 5.29. The number of thiazole rings is 1. The van der Waals surface area contributed by atoms with Crippen molar-refractivity contribution >= 4 is 23.2 Å². The highest BCUT2D eigenvalue weighted by Crippen LogP contribution is 2.24. The summed E-state index contributed by atoms with van der Waals surface area (Å²) in [6, 6.07) is 16.0. The lowest BCUT2D eigenvalue weighted by atomic mass is 10.1. The summed E-state index contributed by atoms with van der Waals surface area (Å²) >= 11 is 1.38. The van der Waals surface area contributed by atoms with Crippen molar-refractivity contribution in [1.29, 1.82) is 0 Å². The molecule has 1 amide bonds. The van der Waals surface area contributed by atoms with Gasteiger partial charge in [0.15, 0.2) is 12.3 Å². The van der Waals surface area contributed by atoms with Crippen LogP contribution in [0.1, 0.15) is 34.1 Å². The number of likely N-dealkylation sites (N-methyl/N-ethyl adjacent to an activating group) is 1. The molecule has 0 N–H and O–H groups in total. The molecule has 0 fully saturated rings. The van der Waals surface area contributed by atoms with Crippen molar-refractivity contribution in [3.05, 3.63) is 76.3 Å². The largest absolute Gasteiger partial charge is 0.451 e. The molecule has 6 heteroatoms. The van der Waals surface area contributed by atoms with Gasteiger partial charge in [-0.05, 0) is 30.0 Å². The number of amides is 1. The lowest BCUT2D eigenvalue weighted by Crippen LogP contribution is -2.31. The Morgan fingerprint density at radius 2 is 1.83 bits per heavy atom. The molecule has 3 rings (SSSR count). The van der Waals surface area contributed by atoms with Gasteiger partial charge in [0.25, 0.3) is 5.91 Å². The number of hydrogen-bond acceptors (Lipinski definition) is 5. The van der Waals surface area contributed by atoms with Gasteiger partial charge in [-0.2, -0.15) is 0 Å². The maximum absolute atomic E-state index is 12.3. The Balaban J connectivity index is 1.55. The smallest absolute Gasteiger partial charge is 0.358 e. The molecule has 1 heterocycles. The zero-order valence-electron chi connectivity index (χ0n) is 16.8. The lowest BCUT2D eigenvalue weighted by molar-refractivity contribution is -0.133. The average molecular weight is 409 g/mol. The van der Waals surface area contributed by atoms with Crippen LogP contribution in [0.15, 0.2) is 53.9 Å². The molecule has 0 aliphatic carbocycles. The molecule has 1 aromatic heterocycles. The van der Waals surface area contributed by atoms with E-state index in [-0.39, 0.29) is 18.2 Å². The highest BCUT2D eigenvalue weighted by Gasteiger charge is 2.17. The van der Waals surface area contributed by atoms with Crippen molar-refractivity contribution in [2.24, 2.45) is 0 Å².